The van der Waals surface area contributed by atoms with E-state index in [1.54, 1.807) is 18.9 Å². The first-order valence-electron chi connectivity index (χ1n) is 8.36. The first kappa shape index (κ1) is 18.1. The Balaban J connectivity index is 1.78. The minimum absolute atomic E-state index is 0.00431. The summed E-state index contributed by atoms with van der Waals surface area (Å²) in [6, 6.07) is 17.6. The molecule has 3 aromatic rings. The van der Waals surface area contributed by atoms with Crippen LogP contribution in [-0.4, -0.2) is 28.1 Å². The average Bonchev–Trinajstić information content (AvgIpc) is 3.06. The van der Waals surface area contributed by atoms with Gasteiger partial charge in [-0.15, -0.1) is 10.2 Å². The third kappa shape index (κ3) is 4.49. The highest BCUT2D eigenvalue weighted by Gasteiger charge is 2.21. The maximum Gasteiger partial charge on any atom is 0.235 e. The summed E-state index contributed by atoms with van der Waals surface area (Å²) in [6.07, 6.45) is 0.343. The SMILES string of the molecule is Cc1nnc(CN(C)C(=O)C[C@@H](c2ccccc2)c2ccc(Cl)cc2)o1. The van der Waals surface area contributed by atoms with E-state index in [-0.39, 0.29) is 11.8 Å². The molecule has 1 amide bonds. The van der Waals surface area contributed by atoms with E-state index in [1.807, 2.05) is 54.6 Å². The molecule has 1 heterocycles. The lowest BCUT2D eigenvalue weighted by Crippen LogP contribution is -2.28. The summed E-state index contributed by atoms with van der Waals surface area (Å²) < 4.78 is 5.36. The third-order valence-corrected chi connectivity index (χ3v) is 4.47. The zero-order valence-corrected chi connectivity index (χ0v) is 15.5. The lowest BCUT2D eigenvalue weighted by Gasteiger charge is -2.21. The Bertz CT molecular complexity index is 862. The molecule has 0 unspecified atom stereocenters. The van der Waals surface area contributed by atoms with Crippen LogP contribution in [0.5, 0.6) is 0 Å². The molecule has 0 spiro atoms. The molecule has 134 valence electrons. The third-order valence-electron chi connectivity index (χ3n) is 4.22. The van der Waals surface area contributed by atoms with Crippen molar-refractivity contribution in [1.82, 2.24) is 15.1 Å². The zero-order chi connectivity index (χ0) is 18.5. The van der Waals surface area contributed by atoms with Crippen LogP contribution in [0.4, 0.5) is 0 Å². The number of halogens is 1. The maximum absolute atomic E-state index is 12.8. The molecular formula is C20H20ClN3O2. The number of aryl methyl sites for hydroxylation is 1. The smallest absolute Gasteiger partial charge is 0.235 e. The van der Waals surface area contributed by atoms with E-state index in [1.165, 1.54) is 0 Å². The van der Waals surface area contributed by atoms with Gasteiger partial charge in [0.1, 0.15) is 0 Å². The summed E-state index contributed by atoms with van der Waals surface area (Å²) in [5.41, 5.74) is 2.14. The highest BCUT2D eigenvalue weighted by atomic mass is 35.5. The van der Waals surface area contributed by atoms with E-state index in [0.717, 1.165) is 11.1 Å². The van der Waals surface area contributed by atoms with Crippen molar-refractivity contribution in [3.05, 3.63) is 82.5 Å². The number of aromatic nitrogens is 2. The van der Waals surface area contributed by atoms with Crippen LogP contribution in [0.25, 0.3) is 0 Å². The van der Waals surface area contributed by atoms with Crippen LogP contribution >= 0.6 is 11.6 Å². The summed E-state index contributed by atoms with van der Waals surface area (Å²) in [4.78, 5) is 14.4. The maximum atomic E-state index is 12.8. The molecule has 0 aliphatic carbocycles. The minimum Gasteiger partial charge on any atom is -0.424 e. The number of nitrogens with zero attached hydrogens (tertiary/aromatic N) is 3. The van der Waals surface area contributed by atoms with Crippen LogP contribution in [0.15, 0.2) is 59.0 Å². The van der Waals surface area contributed by atoms with Crippen LogP contribution in [0.1, 0.15) is 35.2 Å². The number of benzene rings is 2. The number of rotatable bonds is 6. The van der Waals surface area contributed by atoms with Crippen LogP contribution in [-0.2, 0) is 11.3 Å². The van der Waals surface area contributed by atoms with Crippen molar-refractivity contribution in [2.75, 3.05) is 7.05 Å². The van der Waals surface area contributed by atoms with Crippen LogP contribution < -0.4 is 0 Å². The molecular weight excluding hydrogens is 350 g/mol. The van der Waals surface area contributed by atoms with Crippen molar-refractivity contribution in [2.24, 2.45) is 0 Å². The molecule has 0 aliphatic rings. The molecule has 1 aromatic heterocycles. The fourth-order valence-corrected chi connectivity index (χ4v) is 2.96. The standard InChI is InChI=1S/C20H20ClN3O2/c1-14-22-23-19(26-14)13-24(2)20(25)12-18(15-6-4-3-5-7-15)16-8-10-17(21)11-9-16/h3-11,18H,12-13H2,1-2H3/t18-/m0/s1. The molecule has 5 nitrogen and oxygen atoms in total. The van der Waals surface area contributed by atoms with Gasteiger partial charge in [0, 0.05) is 31.3 Å². The Kier molecular flexibility index (Phi) is 5.68. The summed E-state index contributed by atoms with van der Waals surface area (Å²) in [5, 5.41) is 8.42. The molecule has 0 fully saturated rings. The highest BCUT2D eigenvalue weighted by Crippen LogP contribution is 2.29. The van der Waals surface area contributed by atoms with E-state index in [9.17, 15) is 4.79 Å². The Morgan fingerprint density at radius 2 is 1.73 bits per heavy atom. The topological polar surface area (TPSA) is 59.2 Å². The number of hydrogen-bond acceptors (Lipinski definition) is 4. The van der Waals surface area contributed by atoms with Gasteiger partial charge in [0.15, 0.2) is 0 Å². The van der Waals surface area contributed by atoms with Crippen molar-refractivity contribution in [3.63, 3.8) is 0 Å². The van der Waals surface area contributed by atoms with Gasteiger partial charge in [-0.2, -0.15) is 0 Å². The first-order valence-corrected chi connectivity index (χ1v) is 8.74. The van der Waals surface area contributed by atoms with Gasteiger partial charge in [0.2, 0.25) is 17.7 Å². The largest absolute Gasteiger partial charge is 0.424 e. The molecule has 0 saturated heterocycles. The van der Waals surface area contributed by atoms with E-state index in [0.29, 0.717) is 29.8 Å². The fraction of sp³-hybridized carbons (Fsp3) is 0.250. The summed E-state index contributed by atoms with van der Waals surface area (Å²) in [6.45, 7) is 2.02. The Morgan fingerprint density at radius 1 is 1.08 bits per heavy atom. The van der Waals surface area contributed by atoms with Gasteiger partial charge in [0.05, 0.1) is 6.54 Å². The molecule has 0 bridgehead atoms. The predicted molar refractivity (Wildman–Crippen MR) is 99.9 cm³/mol. The predicted octanol–water partition coefficient (Wildman–Crippen LogP) is 4.21. The molecule has 26 heavy (non-hydrogen) atoms. The first-order chi connectivity index (χ1) is 12.5. The van der Waals surface area contributed by atoms with Gasteiger partial charge in [-0.05, 0) is 23.3 Å². The van der Waals surface area contributed by atoms with Gasteiger partial charge in [0.25, 0.3) is 0 Å². The second-order valence-corrected chi connectivity index (χ2v) is 6.62. The van der Waals surface area contributed by atoms with Crippen LogP contribution in [0.2, 0.25) is 5.02 Å². The molecule has 6 heteroatoms. The molecule has 2 aromatic carbocycles. The Hall–Kier alpha value is -2.66. The average molecular weight is 370 g/mol. The van der Waals surface area contributed by atoms with Gasteiger partial charge in [-0.3, -0.25) is 4.79 Å². The Labute approximate surface area is 157 Å². The molecule has 3 rings (SSSR count). The molecule has 0 radical (unpaired) electrons. The highest BCUT2D eigenvalue weighted by molar-refractivity contribution is 6.30. The quantitative estimate of drug-likeness (QED) is 0.653. The van der Waals surface area contributed by atoms with E-state index >= 15 is 0 Å². The second kappa shape index (κ2) is 8.15. The second-order valence-electron chi connectivity index (χ2n) is 6.18. The van der Waals surface area contributed by atoms with Gasteiger partial charge < -0.3 is 9.32 Å². The van der Waals surface area contributed by atoms with Crippen molar-refractivity contribution in [1.29, 1.82) is 0 Å². The number of hydrogen-bond donors (Lipinski definition) is 0. The van der Waals surface area contributed by atoms with Crippen molar-refractivity contribution in [2.45, 2.75) is 25.8 Å². The van der Waals surface area contributed by atoms with Crippen molar-refractivity contribution >= 4 is 17.5 Å². The van der Waals surface area contributed by atoms with Crippen molar-refractivity contribution in [3.8, 4) is 0 Å². The van der Waals surface area contributed by atoms with E-state index in [2.05, 4.69) is 10.2 Å². The normalized spacial score (nSPS) is 12.0. The zero-order valence-electron chi connectivity index (χ0n) is 14.7. The molecule has 0 N–H and O–H groups in total. The van der Waals surface area contributed by atoms with E-state index in [4.69, 9.17) is 16.0 Å². The van der Waals surface area contributed by atoms with Gasteiger partial charge in [-0.25, -0.2) is 0 Å². The number of amides is 1. The lowest BCUT2D eigenvalue weighted by molar-refractivity contribution is -0.130. The van der Waals surface area contributed by atoms with Crippen LogP contribution in [0.3, 0.4) is 0 Å². The Morgan fingerprint density at radius 3 is 2.35 bits per heavy atom. The van der Waals surface area contributed by atoms with Gasteiger partial charge >= 0.3 is 0 Å². The molecule has 0 saturated carbocycles. The van der Waals surface area contributed by atoms with E-state index < -0.39 is 0 Å². The number of carbonyl (C=O) groups excluding carboxylic acids is 1. The fourth-order valence-electron chi connectivity index (χ4n) is 2.83. The summed E-state index contributed by atoms with van der Waals surface area (Å²) >= 11 is 6.01. The monoisotopic (exact) mass is 369 g/mol. The van der Waals surface area contributed by atoms with Crippen molar-refractivity contribution < 1.29 is 9.21 Å². The number of carbonyl (C=O) groups is 1. The van der Waals surface area contributed by atoms with Gasteiger partial charge in [-0.1, -0.05) is 54.1 Å². The van der Waals surface area contributed by atoms with Crippen LogP contribution in [0, 0.1) is 6.92 Å². The minimum atomic E-state index is -0.0483. The molecule has 0 aliphatic heterocycles. The summed E-state index contributed by atoms with van der Waals surface area (Å²) in [5.74, 6) is 0.878. The summed E-state index contributed by atoms with van der Waals surface area (Å²) in [7, 11) is 1.74. The molecule has 1 atom stereocenters. The lowest BCUT2D eigenvalue weighted by atomic mass is 9.88.